The highest BCUT2D eigenvalue weighted by molar-refractivity contribution is 5.94. The van der Waals surface area contributed by atoms with Crippen LogP contribution in [0, 0.1) is 6.92 Å². The first-order chi connectivity index (χ1) is 6.69. The number of aromatic nitrogens is 1. The van der Waals surface area contributed by atoms with Crippen LogP contribution < -0.4 is 0 Å². The monoisotopic (exact) mass is 192 g/mol. The Morgan fingerprint density at radius 3 is 2.57 bits per heavy atom. The second-order valence-electron chi connectivity index (χ2n) is 3.16. The third-order valence-corrected chi connectivity index (χ3v) is 2.19. The van der Waals surface area contributed by atoms with Gasteiger partial charge in [0.25, 0.3) is 5.91 Å². The van der Waals surface area contributed by atoms with Crippen molar-refractivity contribution in [3.8, 4) is 0 Å². The summed E-state index contributed by atoms with van der Waals surface area (Å²) in [6.45, 7) is 7.34. The lowest BCUT2D eigenvalue weighted by atomic mass is 10.2. The Kier molecular flexibility index (Phi) is 3.63. The summed E-state index contributed by atoms with van der Waals surface area (Å²) in [5, 5.41) is 0. The highest BCUT2D eigenvalue weighted by Crippen LogP contribution is 2.05. The molecule has 0 saturated heterocycles. The first-order valence-corrected chi connectivity index (χ1v) is 4.91. The zero-order valence-electron chi connectivity index (χ0n) is 8.95. The van der Waals surface area contributed by atoms with Crippen LogP contribution in [0.3, 0.4) is 0 Å². The van der Waals surface area contributed by atoms with Gasteiger partial charge in [-0.3, -0.25) is 9.78 Å². The number of carbonyl (C=O) groups excluding carboxylic acids is 1. The molecule has 1 rings (SSSR count). The van der Waals surface area contributed by atoms with Crippen molar-refractivity contribution >= 4 is 5.91 Å². The van der Waals surface area contributed by atoms with Gasteiger partial charge in [-0.1, -0.05) is 0 Å². The molecule has 1 heterocycles. The fourth-order valence-electron chi connectivity index (χ4n) is 1.37. The van der Waals surface area contributed by atoms with Crippen LogP contribution in [0.2, 0.25) is 0 Å². The Balaban J connectivity index is 2.88. The Labute approximate surface area is 84.8 Å². The molecule has 0 spiro atoms. The fraction of sp³-hybridized carbons (Fsp3) is 0.455. The van der Waals surface area contributed by atoms with Gasteiger partial charge in [-0.05, 0) is 32.9 Å². The highest BCUT2D eigenvalue weighted by atomic mass is 16.2. The lowest BCUT2D eigenvalue weighted by Gasteiger charge is -2.18. The fourth-order valence-corrected chi connectivity index (χ4v) is 1.37. The van der Waals surface area contributed by atoms with E-state index in [2.05, 4.69) is 4.98 Å². The van der Waals surface area contributed by atoms with Gasteiger partial charge in [-0.25, -0.2) is 0 Å². The summed E-state index contributed by atoms with van der Waals surface area (Å²) in [5.74, 6) is 0.0838. The van der Waals surface area contributed by atoms with E-state index in [1.807, 2.05) is 26.8 Å². The van der Waals surface area contributed by atoms with Crippen molar-refractivity contribution in [3.63, 3.8) is 0 Å². The first kappa shape index (κ1) is 10.7. The Morgan fingerprint density at radius 2 is 2.07 bits per heavy atom. The van der Waals surface area contributed by atoms with Crippen LogP contribution in [0.15, 0.2) is 18.3 Å². The van der Waals surface area contributed by atoms with E-state index in [4.69, 9.17) is 0 Å². The van der Waals surface area contributed by atoms with Gasteiger partial charge in [0.15, 0.2) is 0 Å². The zero-order valence-corrected chi connectivity index (χ0v) is 8.95. The van der Waals surface area contributed by atoms with Crippen LogP contribution >= 0.6 is 0 Å². The molecule has 0 aromatic carbocycles. The molecular formula is C11H16N2O. The van der Waals surface area contributed by atoms with Gasteiger partial charge < -0.3 is 4.90 Å². The minimum atomic E-state index is 0.0838. The molecule has 0 bridgehead atoms. The van der Waals surface area contributed by atoms with Crippen LogP contribution in [0.1, 0.15) is 29.9 Å². The third kappa shape index (κ3) is 2.31. The quantitative estimate of drug-likeness (QED) is 0.732. The van der Waals surface area contributed by atoms with E-state index >= 15 is 0 Å². The van der Waals surface area contributed by atoms with Gasteiger partial charge in [-0.2, -0.15) is 0 Å². The van der Waals surface area contributed by atoms with Crippen LogP contribution in [-0.4, -0.2) is 28.9 Å². The predicted molar refractivity (Wildman–Crippen MR) is 56.2 cm³/mol. The van der Waals surface area contributed by atoms with Crippen molar-refractivity contribution in [3.05, 3.63) is 29.6 Å². The zero-order chi connectivity index (χ0) is 10.6. The average Bonchev–Trinajstić information content (AvgIpc) is 2.19. The summed E-state index contributed by atoms with van der Waals surface area (Å²) in [6, 6.07) is 3.58. The van der Waals surface area contributed by atoms with E-state index in [0.29, 0.717) is 0 Å². The summed E-state index contributed by atoms with van der Waals surface area (Å²) in [6.07, 6.45) is 1.67. The predicted octanol–water partition coefficient (Wildman–Crippen LogP) is 1.87. The molecule has 0 atom stereocenters. The van der Waals surface area contributed by atoms with Crippen molar-refractivity contribution in [2.45, 2.75) is 20.8 Å². The van der Waals surface area contributed by atoms with Gasteiger partial charge in [0, 0.05) is 30.5 Å². The average molecular weight is 192 g/mol. The van der Waals surface area contributed by atoms with Crippen molar-refractivity contribution in [2.24, 2.45) is 0 Å². The van der Waals surface area contributed by atoms with Gasteiger partial charge >= 0.3 is 0 Å². The molecule has 76 valence electrons. The van der Waals surface area contributed by atoms with Crippen LogP contribution in [0.4, 0.5) is 0 Å². The van der Waals surface area contributed by atoms with E-state index in [-0.39, 0.29) is 5.91 Å². The number of aryl methyl sites for hydroxylation is 1. The maximum absolute atomic E-state index is 11.9. The van der Waals surface area contributed by atoms with E-state index in [1.54, 1.807) is 17.2 Å². The van der Waals surface area contributed by atoms with E-state index in [1.165, 1.54) is 0 Å². The standard InChI is InChI=1S/C11H16N2O/c1-4-13(5-2)11(14)10-6-7-12-9(3)8-10/h6-8H,4-5H2,1-3H3. The molecule has 14 heavy (non-hydrogen) atoms. The molecular weight excluding hydrogens is 176 g/mol. The molecule has 1 aromatic rings. The summed E-state index contributed by atoms with van der Waals surface area (Å²) in [4.78, 5) is 17.7. The van der Waals surface area contributed by atoms with Gasteiger partial charge in [-0.15, -0.1) is 0 Å². The molecule has 3 nitrogen and oxygen atoms in total. The smallest absolute Gasteiger partial charge is 0.253 e. The second-order valence-corrected chi connectivity index (χ2v) is 3.16. The van der Waals surface area contributed by atoms with Crippen molar-refractivity contribution in [2.75, 3.05) is 13.1 Å². The molecule has 0 fully saturated rings. The van der Waals surface area contributed by atoms with Crippen LogP contribution in [0.25, 0.3) is 0 Å². The summed E-state index contributed by atoms with van der Waals surface area (Å²) < 4.78 is 0. The molecule has 0 N–H and O–H groups in total. The summed E-state index contributed by atoms with van der Waals surface area (Å²) in [5.41, 5.74) is 1.60. The molecule has 3 heteroatoms. The topological polar surface area (TPSA) is 33.2 Å². The van der Waals surface area contributed by atoms with Crippen LogP contribution in [0.5, 0.6) is 0 Å². The molecule has 0 aliphatic heterocycles. The largest absolute Gasteiger partial charge is 0.339 e. The molecule has 0 aliphatic rings. The lowest BCUT2D eigenvalue weighted by Crippen LogP contribution is -2.30. The first-order valence-electron chi connectivity index (χ1n) is 4.91. The summed E-state index contributed by atoms with van der Waals surface area (Å²) in [7, 11) is 0. The molecule has 1 amide bonds. The SMILES string of the molecule is CCN(CC)C(=O)c1ccnc(C)c1. The normalized spacial score (nSPS) is 9.93. The minimum Gasteiger partial charge on any atom is -0.339 e. The van der Waals surface area contributed by atoms with Gasteiger partial charge in [0.2, 0.25) is 0 Å². The number of carbonyl (C=O) groups is 1. The van der Waals surface area contributed by atoms with Crippen molar-refractivity contribution < 1.29 is 4.79 Å². The third-order valence-electron chi connectivity index (χ3n) is 2.19. The summed E-state index contributed by atoms with van der Waals surface area (Å²) >= 11 is 0. The van der Waals surface area contributed by atoms with E-state index < -0.39 is 0 Å². The van der Waals surface area contributed by atoms with Crippen molar-refractivity contribution in [1.82, 2.24) is 9.88 Å². The van der Waals surface area contributed by atoms with E-state index in [9.17, 15) is 4.79 Å². The number of hydrogen-bond donors (Lipinski definition) is 0. The molecule has 0 aliphatic carbocycles. The Bertz CT molecular complexity index is 319. The maximum atomic E-state index is 11.9. The number of pyridine rings is 1. The van der Waals surface area contributed by atoms with Crippen molar-refractivity contribution in [1.29, 1.82) is 0 Å². The minimum absolute atomic E-state index is 0.0838. The second kappa shape index (κ2) is 4.74. The molecule has 0 saturated carbocycles. The number of nitrogens with zero attached hydrogens (tertiary/aromatic N) is 2. The molecule has 1 aromatic heterocycles. The number of amides is 1. The van der Waals surface area contributed by atoms with Gasteiger partial charge in [0.05, 0.1) is 0 Å². The highest BCUT2D eigenvalue weighted by Gasteiger charge is 2.11. The number of rotatable bonds is 3. The van der Waals surface area contributed by atoms with Gasteiger partial charge in [0.1, 0.15) is 0 Å². The molecule has 0 radical (unpaired) electrons. The van der Waals surface area contributed by atoms with E-state index in [0.717, 1.165) is 24.3 Å². The molecule has 0 unspecified atom stereocenters. The maximum Gasteiger partial charge on any atom is 0.253 e. The Morgan fingerprint density at radius 1 is 1.43 bits per heavy atom. The van der Waals surface area contributed by atoms with Crippen LogP contribution in [-0.2, 0) is 0 Å². The number of hydrogen-bond acceptors (Lipinski definition) is 2. The Hall–Kier alpha value is -1.38. The lowest BCUT2D eigenvalue weighted by molar-refractivity contribution is 0.0773.